The molecule has 2 heterocycles. The molecular formula is C23H27Cl2F3N6O2. The minimum atomic E-state index is -4.95. The lowest BCUT2D eigenvalue weighted by atomic mass is 9.92. The summed E-state index contributed by atoms with van der Waals surface area (Å²) in [7, 11) is 1.55. The van der Waals surface area contributed by atoms with Crippen LogP contribution in [0.25, 0.3) is 5.69 Å². The number of rotatable bonds is 8. The average Bonchev–Trinajstić information content (AvgIpc) is 3.31. The molecule has 0 unspecified atom stereocenters. The number of ether oxygens (including phenoxy) is 1. The van der Waals surface area contributed by atoms with E-state index in [9.17, 15) is 18.0 Å². The van der Waals surface area contributed by atoms with E-state index in [0.29, 0.717) is 18.0 Å². The smallest absolute Gasteiger partial charge is 0.450 e. The van der Waals surface area contributed by atoms with Gasteiger partial charge in [-0.1, -0.05) is 30.3 Å². The van der Waals surface area contributed by atoms with Crippen molar-refractivity contribution in [2.75, 3.05) is 13.7 Å². The van der Waals surface area contributed by atoms with Crippen LogP contribution in [0.4, 0.5) is 13.2 Å². The Balaban J connectivity index is 0.00000228. The molecule has 1 aliphatic rings. The van der Waals surface area contributed by atoms with Gasteiger partial charge >= 0.3 is 6.18 Å². The molecule has 36 heavy (non-hydrogen) atoms. The van der Waals surface area contributed by atoms with E-state index >= 15 is 0 Å². The van der Waals surface area contributed by atoms with E-state index in [1.165, 1.54) is 5.56 Å². The molecule has 2 aromatic carbocycles. The third-order valence-corrected chi connectivity index (χ3v) is 5.85. The van der Waals surface area contributed by atoms with E-state index in [2.05, 4.69) is 38.3 Å². The molecule has 1 fully saturated rings. The number of alkyl halides is 3. The summed E-state index contributed by atoms with van der Waals surface area (Å²) in [6.45, 7) is 1.40. The number of nitrogens with one attached hydrogen (secondary N) is 2. The number of hydrogen-bond acceptors (Lipinski definition) is 7. The Morgan fingerprint density at radius 1 is 1.19 bits per heavy atom. The molecular weight excluding hydrogens is 520 g/mol. The second-order valence-corrected chi connectivity index (χ2v) is 8.07. The minimum absolute atomic E-state index is 0. The van der Waals surface area contributed by atoms with E-state index in [1.807, 2.05) is 18.2 Å². The topological polar surface area (TPSA) is 94.0 Å². The molecule has 4 rings (SSSR count). The summed E-state index contributed by atoms with van der Waals surface area (Å²) in [5, 5.41) is 18.0. The number of halogens is 5. The third-order valence-electron chi connectivity index (χ3n) is 5.85. The number of ketones is 1. The fourth-order valence-electron chi connectivity index (χ4n) is 4.16. The predicted octanol–water partition coefficient (Wildman–Crippen LogP) is 3.77. The zero-order valence-corrected chi connectivity index (χ0v) is 21.0. The van der Waals surface area contributed by atoms with E-state index in [0.717, 1.165) is 29.6 Å². The van der Waals surface area contributed by atoms with Crippen molar-refractivity contribution in [3.05, 3.63) is 65.5 Å². The van der Waals surface area contributed by atoms with Gasteiger partial charge in [-0.3, -0.25) is 4.79 Å². The van der Waals surface area contributed by atoms with Crippen LogP contribution in [0.3, 0.4) is 0 Å². The van der Waals surface area contributed by atoms with E-state index in [1.54, 1.807) is 25.3 Å². The van der Waals surface area contributed by atoms with Gasteiger partial charge < -0.3 is 15.4 Å². The molecule has 3 aromatic rings. The van der Waals surface area contributed by atoms with Gasteiger partial charge in [-0.25, -0.2) is 0 Å². The summed E-state index contributed by atoms with van der Waals surface area (Å²) in [6.07, 6.45) is -3.86. The van der Waals surface area contributed by atoms with Crippen molar-refractivity contribution < 1.29 is 22.7 Å². The minimum Gasteiger partial charge on any atom is -0.496 e. The van der Waals surface area contributed by atoms with Crippen LogP contribution in [0.1, 0.15) is 35.8 Å². The molecule has 1 aliphatic heterocycles. The van der Waals surface area contributed by atoms with E-state index < -0.39 is 18.4 Å². The second-order valence-electron chi connectivity index (χ2n) is 8.07. The number of aromatic nitrogens is 4. The van der Waals surface area contributed by atoms with Gasteiger partial charge in [0.1, 0.15) is 5.75 Å². The highest BCUT2D eigenvalue weighted by molar-refractivity contribution is 5.86. The first-order valence-electron chi connectivity index (χ1n) is 10.9. The summed E-state index contributed by atoms with van der Waals surface area (Å²) in [5.41, 5.74) is 2.43. The first-order chi connectivity index (χ1) is 16.4. The van der Waals surface area contributed by atoms with Crippen LogP contribution in [-0.2, 0) is 17.8 Å². The average molecular weight is 547 g/mol. The molecule has 1 aromatic heterocycles. The van der Waals surface area contributed by atoms with E-state index in [-0.39, 0.29) is 42.7 Å². The standard InChI is InChI=1S/C23H25F3N6O2.2ClH/c1-34-19-10-9-17(32-21(29-30-31-32)13-20(33)23(24,25)26)12-16(19)14-28-18-8-5-11-27-22(18)15-6-3-2-4-7-15;;/h2-4,6-7,9-10,12,18,22,27-28H,5,8,11,13-14H2,1H3;2*1H/t18-,22-;;/m0../s1. The molecule has 8 nitrogen and oxygen atoms in total. The van der Waals surface area contributed by atoms with Gasteiger partial charge in [-0.05, 0) is 53.6 Å². The monoisotopic (exact) mass is 546 g/mol. The van der Waals surface area contributed by atoms with Gasteiger partial charge in [-0.15, -0.1) is 29.9 Å². The molecule has 0 radical (unpaired) electrons. The van der Waals surface area contributed by atoms with E-state index in [4.69, 9.17) is 4.74 Å². The van der Waals surface area contributed by atoms with Crippen LogP contribution in [0.15, 0.2) is 48.5 Å². The lowest BCUT2D eigenvalue weighted by Gasteiger charge is -2.34. The Bertz CT molecular complexity index is 1130. The molecule has 0 saturated carbocycles. The number of piperidine rings is 1. The summed E-state index contributed by atoms with van der Waals surface area (Å²) >= 11 is 0. The first-order valence-corrected chi connectivity index (χ1v) is 10.9. The summed E-state index contributed by atoms with van der Waals surface area (Å²) in [4.78, 5) is 11.4. The van der Waals surface area contributed by atoms with Gasteiger partial charge in [-0.2, -0.15) is 17.9 Å². The van der Waals surface area contributed by atoms with Gasteiger partial charge in [0, 0.05) is 24.2 Å². The Kier molecular flexibility index (Phi) is 10.7. The number of carbonyl (C=O) groups is 1. The van der Waals surface area contributed by atoms with Crippen LogP contribution < -0.4 is 15.4 Å². The lowest BCUT2D eigenvalue weighted by molar-refractivity contribution is -0.170. The maximum Gasteiger partial charge on any atom is 0.450 e. The zero-order valence-electron chi connectivity index (χ0n) is 19.4. The maximum absolute atomic E-state index is 12.7. The van der Waals surface area contributed by atoms with Crippen molar-refractivity contribution >= 4 is 30.6 Å². The molecule has 196 valence electrons. The van der Waals surface area contributed by atoms with Crippen molar-refractivity contribution in [2.45, 2.75) is 44.1 Å². The normalized spacial score (nSPS) is 17.6. The molecule has 2 atom stereocenters. The number of carbonyl (C=O) groups excluding carboxylic acids is 1. The molecule has 0 bridgehead atoms. The fourth-order valence-corrected chi connectivity index (χ4v) is 4.16. The molecule has 13 heteroatoms. The predicted molar refractivity (Wildman–Crippen MR) is 132 cm³/mol. The summed E-state index contributed by atoms with van der Waals surface area (Å²) in [5.74, 6) is -1.47. The number of nitrogens with zero attached hydrogens (tertiary/aromatic N) is 4. The highest BCUT2D eigenvalue weighted by Gasteiger charge is 2.39. The molecule has 1 saturated heterocycles. The second kappa shape index (κ2) is 13.0. The fraction of sp³-hybridized carbons (Fsp3) is 0.391. The summed E-state index contributed by atoms with van der Waals surface area (Å²) in [6, 6.07) is 15.6. The van der Waals surface area contributed by atoms with Gasteiger partial charge in [0.2, 0.25) is 5.78 Å². The maximum atomic E-state index is 12.7. The quantitative estimate of drug-likeness (QED) is 0.444. The zero-order chi connectivity index (χ0) is 24.1. The molecule has 0 aliphatic carbocycles. The lowest BCUT2D eigenvalue weighted by Crippen LogP contribution is -2.45. The van der Waals surface area contributed by atoms with Crippen molar-refractivity contribution in [3.8, 4) is 11.4 Å². The van der Waals surface area contributed by atoms with Crippen LogP contribution in [0.5, 0.6) is 5.75 Å². The van der Waals surface area contributed by atoms with Gasteiger partial charge in [0.05, 0.1) is 19.2 Å². The number of Topliss-reactive ketones (excluding diaryl/α,β-unsaturated/α-hetero) is 1. The molecule has 2 N–H and O–H groups in total. The number of benzene rings is 2. The van der Waals surface area contributed by atoms with Crippen molar-refractivity contribution in [2.24, 2.45) is 0 Å². The van der Waals surface area contributed by atoms with Gasteiger partial charge in [0.15, 0.2) is 5.82 Å². The van der Waals surface area contributed by atoms with Crippen LogP contribution >= 0.6 is 24.8 Å². The Hall–Kier alpha value is -2.73. The molecule has 0 amide bonds. The Morgan fingerprint density at radius 3 is 2.64 bits per heavy atom. The molecule has 0 spiro atoms. The van der Waals surface area contributed by atoms with Crippen LogP contribution in [0, 0.1) is 0 Å². The highest BCUT2D eigenvalue weighted by atomic mass is 35.5. The Morgan fingerprint density at radius 2 is 1.94 bits per heavy atom. The Labute approximate surface area is 218 Å². The van der Waals surface area contributed by atoms with Crippen molar-refractivity contribution in [3.63, 3.8) is 0 Å². The van der Waals surface area contributed by atoms with Crippen molar-refractivity contribution in [1.82, 2.24) is 30.8 Å². The third kappa shape index (κ3) is 6.94. The SMILES string of the molecule is COc1ccc(-n2nnnc2CC(=O)C(F)(F)F)cc1CN[C@H]1CCCN[C@H]1c1ccccc1.Cl.Cl. The van der Waals surface area contributed by atoms with Gasteiger partial charge in [0.25, 0.3) is 0 Å². The van der Waals surface area contributed by atoms with Crippen LogP contribution in [-0.4, -0.2) is 51.9 Å². The highest BCUT2D eigenvalue weighted by Crippen LogP contribution is 2.27. The first kappa shape index (κ1) is 29.5. The number of tetrazole rings is 1. The number of methoxy groups -OCH3 is 1. The summed E-state index contributed by atoms with van der Waals surface area (Å²) < 4.78 is 44.8. The largest absolute Gasteiger partial charge is 0.496 e. The van der Waals surface area contributed by atoms with Crippen LogP contribution in [0.2, 0.25) is 0 Å². The number of hydrogen-bond donors (Lipinski definition) is 2. The van der Waals surface area contributed by atoms with Crippen molar-refractivity contribution in [1.29, 1.82) is 0 Å².